The number of likely N-dealkylation sites (N-methyl/N-ethyl adjacent to an activating group) is 1. The quantitative estimate of drug-likeness (QED) is 0.346. The Balaban J connectivity index is 0.00000320. The smallest absolute Gasteiger partial charge is 0.241 e. The zero-order chi connectivity index (χ0) is 20.6. The molecule has 0 fully saturated rings. The van der Waals surface area contributed by atoms with E-state index in [0.29, 0.717) is 19.1 Å². The lowest BCUT2D eigenvalue weighted by molar-refractivity contribution is -0.127. The standard InChI is InChI=1S/C23H30N4O2.HI/c1-4-17-9-5-6-10-18(17)15-24-23(25-16-22(28)27(2)3)26-20-13-14-29-21-12-8-7-11-19(20)21;/h5-12,20H,4,13-16H2,1-3H3,(H2,24,25,26);1H. The Labute approximate surface area is 196 Å². The van der Waals surface area contributed by atoms with Crippen molar-refractivity contribution in [1.82, 2.24) is 15.5 Å². The van der Waals surface area contributed by atoms with E-state index in [1.807, 2.05) is 24.3 Å². The molecule has 6 nitrogen and oxygen atoms in total. The van der Waals surface area contributed by atoms with Crippen molar-refractivity contribution in [2.45, 2.75) is 32.4 Å². The minimum atomic E-state index is 0. The second-order valence-corrected chi connectivity index (χ2v) is 7.30. The average molecular weight is 522 g/mol. The number of fused-ring (bicyclic) bond motifs is 1. The Morgan fingerprint density at radius 3 is 2.57 bits per heavy atom. The minimum Gasteiger partial charge on any atom is -0.493 e. The van der Waals surface area contributed by atoms with Crippen LogP contribution in [0.25, 0.3) is 0 Å². The highest BCUT2D eigenvalue weighted by molar-refractivity contribution is 14.0. The normalized spacial score (nSPS) is 15.3. The number of aliphatic imine (C=N–C) groups is 1. The summed E-state index contributed by atoms with van der Waals surface area (Å²) in [5.41, 5.74) is 3.60. The van der Waals surface area contributed by atoms with Gasteiger partial charge in [0.1, 0.15) is 5.75 Å². The van der Waals surface area contributed by atoms with Gasteiger partial charge in [0, 0.05) is 26.1 Å². The number of nitrogens with zero attached hydrogens (tertiary/aromatic N) is 2. The summed E-state index contributed by atoms with van der Waals surface area (Å²) in [4.78, 5) is 18.4. The molecule has 7 heteroatoms. The van der Waals surface area contributed by atoms with Crippen LogP contribution in [0, 0.1) is 0 Å². The van der Waals surface area contributed by atoms with Crippen LogP contribution in [0.2, 0.25) is 0 Å². The highest BCUT2D eigenvalue weighted by Gasteiger charge is 2.22. The van der Waals surface area contributed by atoms with Gasteiger partial charge in [0.05, 0.1) is 25.7 Å². The van der Waals surface area contributed by atoms with Crippen LogP contribution in [-0.2, 0) is 17.8 Å². The van der Waals surface area contributed by atoms with Crippen molar-refractivity contribution in [3.63, 3.8) is 0 Å². The maximum atomic E-state index is 12.1. The van der Waals surface area contributed by atoms with Crippen LogP contribution < -0.4 is 15.4 Å². The van der Waals surface area contributed by atoms with E-state index in [9.17, 15) is 4.79 Å². The molecule has 162 valence electrons. The topological polar surface area (TPSA) is 66.0 Å². The van der Waals surface area contributed by atoms with Crippen molar-refractivity contribution in [2.24, 2.45) is 4.99 Å². The molecule has 0 radical (unpaired) electrons. The summed E-state index contributed by atoms with van der Waals surface area (Å²) >= 11 is 0. The first-order valence-electron chi connectivity index (χ1n) is 10.1. The number of carbonyl (C=O) groups excluding carboxylic acids is 1. The van der Waals surface area contributed by atoms with Crippen LogP contribution in [-0.4, -0.2) is 44.0 Å². The van der Waals surface area contributed by atoms with E-state index in [4.69, 9.17) is 9.73 Å². The molecule has 1 atom stereocenters. The summed E-state index contributed by atoms with van der Waals surface area (Å²) in [6.45, 7) is 3.55. The Hall–Kier alpha value is -2.29. The molecule has 30 heavy (non-hydrogen) atoms. The molecule has 0 aromatic heterocycles. The fraction of sp³-hybridized carbons (Fsp3) is 0.391. The molecule has 0 spiro atoms. The number of hydrogen-bond donors (Lipinski definition) is 2. The van der Waals surface area contributed by atoms with Gasteiger partial charge in [0.2, 0.25) is 5.91 Å². The number of hydrogen-bond acceptors (Lipinski definition) is 3. The maximum absolute atomic E-state index is 12.1. The summed E-state index contributed by atoms with van der Waals surface area (Å²) in [5.74, 6) is 1.53. The molecule has 1 amide bonds. The van der Waals surface area contributed by atoms with E-state index in [2.05, 4.69) is 41.8 Å². The van der Waals surface area contributed by atoms with Crippen molar-refractivity contribution in [3.8, 4) is 5.75 Å². The molecule has 0 saturated heterocycles. The van der Waals surface area contributed by atoms with E-state index < -0.39 is 0 Å². The summed E-state index contributed by atoms with van der Waals surface area (Å²) in [6, 6.07) is 16.5. The van der Waals surface area contributed by atoms with Crippen molar-refractivity contribution in [2.75, 3.05) is 27.2 Å². The first-order chi connectivity index (χ1) is 14.1. The van der Waals surface area contributed by atoms with E-state index in [1.54, 1.807) is 19.0 Å². The second-order valence-electron chi connectivity index (χ2n) is 7.30. The lowest BCUT2D eigenvalue weighted by Crippen LogP contribution is -2.45. The van der Waals surface area contributed by atoms with E-state index in [1.165, 1.54) is 11.1 Å². The molecule has 3 rings (SSSR count). The predicted octanol–water partition coefficient (Wildman–Crippen LogP) is 3.51. The molecule has 1 heterocycles. The van der Waals surface area contributed by atoms with E-state index >= 15 is 0 Å². The first kappa shape index (κ1) is 24.0. The molecule has 0 saturated carbocycles. The molecule has 2 N–H and O–H groups in total. The number of para-hydroxylation sites is 1. The van der Waals surface area contributed by atoms with Gasteiger partial charge in [-0.15, -0.1) is 24.0 Å². The van der Waals surface area contributed by atoms with Crippen molar-refractivity contribution >= 4 is 35.8 Å². The van der Waals surface area contributed by atoms with Gasteiger partial charge in [-0.2, -0.15) is 0 Å². The van der Waals surface area contributed by atoms with Crippen LogP contribution in [0.3, 0.4) is 0 Å². The third-order valence-corrected chi connectivity index (χ3v) is 5.08. The van der Waals surface area contributed by atoms with Crippen molar-refractivity contribution in [3.05, 3.63) is 65.2 Å². The highest BCUT2D eigenvalue weighted by atomic mass is 127. The van der Waals surface area contributed by atoms with Crippen molar-refractivity contribution in [1.29, 1.82) is 0 Å². The monoisotopic (exact) mass is 522 g/mol. The van der Waals surface area contributed by atoms with Crippen LogP contribution in [0.4, 0.5) is 0 Å². The van der Waals surface area contributed by atoms with Gasteiger partial charge in [-0.05, 0) is 23.6 Å². The molecule has 0 bridgehead atoms. The molecule has 2 aromatic carbocycles. The van der Waals surface area contributed by atoms with E-state index in [-0.39, 0.29) is 42.5 Å². The Morgan fingerprint density at radius 1 is 1.13 bits per heavy atom. The zero-order valence-corrected chi connectivity index (χ0v) is 20.2. The Morgan fingerprint density at radius 2 is 1.83 bits per heavy atom. The molecule has 1 aliphatic heterocycles. The molecule has 1 aliphatic rings. The van der Waals surface area contributed by atoms with Crippen LogP contribution in [0.5, 0.6) is 5.75 Å². The second kappa shape index (κ2) is 11.8. The van der Waals surface area contributed by atoms with E-state index in [0.717, 1.165) is 24.2 Å². The average Bonchev–Trinajstić information content (AvgIpc) is 2.75. The Kier molecular flexibility index (Phi) is 9.42. The number of benzene rings is 2. The molecule has 0 aliphatic carbocycles. The van der Waals surface area contributed by atoms with Crippen molar-refractivity contribution < 1.29 is 9.53 Å². The maximum Gasteiger partial charge on any atom is 0.241 e. The minimum absolute atomic E-state index is 0. The van der Waals surface area contributed by atoms with Gasteiger partial charge >= 0.3 is 0 Å². The van der Waals surface area contributed by atoms with Crippen LogP contribution in [0.1, 0.15) is 36.1 Å². The number of nitrogens with one attached hydrogen (secondary N) is 2. The molecule has 2 aromatic rings. The SMILES string of the molecule is CCc1ccccc1CN=C(NCC(=O)N(C)C)NC1CCOc2ccccc21.I. The largest absolute Gasteiger partial charge is 0.493 e. The van der Waals surface area contributed by atoms with Gasteiger partial charge in [-0.25, -0.2) is 4.99 Å². The fourth-order valence-corrected chi connectivity index (χ4v) is 3.35. The zero-order valence-electron chi connectivity index (χ0n) is 17.9. The van der Waals surface area contributed by atoms with Gasteiger partial charge in [-0.3, -0.25) is 4.79 Å². The number of aryl methyl sites for hydroxylation is 1. The third kappa shape index (κ3) is 6.35. The number of ether oxygens (including phenoxy) is 1. The van der Waals surface area contributed by atoms with Gasteiger partial charge in [0.15, 0.2) is 5.96 Å². The lowest BCUT2D eigenvalue weighted by atomic mass is 10.0. The predicted molar refractivity (Wildman–Crippen MR) is 132 cm³/mol. The summed E-state index contributed by atoms with van der Waals surface area (Å²) in [6.07, 6.45) is 1.80. The summed E-state index contributed by atoms with van der Waals surface area (Å²) in [5, 5.41) is 6.70. The van der Waals surface area contributed by atoms with Crippen LogP contribution in [0.15, 0.2) is 53.5 Å². The number of rotatable bonds is 6. The fourth-order valence-electron chi connectivity index (χ4n) is 3.35. The number of amides is 1. The summed E-state index contributed by atoms with van der Waals surface area (Å²) in [7, 11) is 3.50. The molecular formula is C23H31IN4O2. The van der Waals surface area contributed by atoms with Gasteiger partial charge in [-0.1, -0.05) is 49.4 Å². The first-order valence-corrected chi connectivity index (χ1v) is 10.1. The third-order valence-electron chi connectivity index (χ3n) is 5.08. The Bertz CT molecular complexity index is 870. The van der Waals surface area contributed by atoms with Gasteiger partial charge < -0.3 is 20.3 Å². The lowest BCUT2D eigenvalue weighted by Gasteiger charge is -2.28. The number of halogens is 1. The number of carbonyl (C=O) groups is 1. The number of guanidine groups is 1. The molecule has 1 unspecified atom stereocenters. The molecular weight excluding hydrogens is 491 g/mol. The van der Waals surface area contributed by atoms with Crippen LogP contribution >= 0.6 is 24.0 Å². The van der Waals surface area contributed by atoms with Gasteiger partial charge in [0.25, 0.3) is 0 Å². The summed E-state index contributed by atoms with van der Waals surface area (Å²) < 4.78 is 5.76. The highest BCUT2D eigenvalue weighted by Crippen LogP contribution is 2.31.